The third-order valence-electron chi connectivity index (χ3n) is 5.52. The number of benzene rings is 1. The maximum atomic E-state index is 12.8. The Bertz CT molecular complexity index is 1420. The highest BCUT2D eigenvalue weighted by Gasteiger charge is 2.31. The minimum Gasteiger partial charge on any atom is -0.424 e. The van der Waals surface area contributed by atoms with Crippen LogP contribution < -0.4 is 20.3 Å². The average molecular weight is 544 g/mol. The number of nitrogens with zero attached hydrogens (tertiary/aromatic N) is 5. The fourth-order valence-corrected chi connectivity index (χ4v) is 4.68. The molecule has 4 heterocycles. The van der Waals surface area contributed by atoms with Crippen LogP contribution in [0.3, 0.4) is 0 Å². The second kappa shape index (κ2) is 10.6. The van der Waals surface area contributed by atoms with Gasteiger partial charge >= 0.3 is 18.2 Å². The van der Waals surface area contributed by atoms with E-state index in [1.165, 1.54) is 23.7 Å². The number of anilines is 3. The Morgan fingerprint density at radius 2 is 1.76 bits per heavy atom. The number of nitrogens with one attached hydrogen (secondary N) is 2. The number of ether oxygens (including phenoxy) is 1. The summed E-state index contributed by atoms with van der Waals surface area (Å²) in [5.41, 5.74) is 0.0446. The molecule has 0 bridgehead atoms. The van der Waals surface area contributed by atoms with Gasteiger partial charge in [-0.2, -0.15) is 13.2 Å². The van der Waals surface area contributed by atoms with Crippen molar-refractivity contribution in [3.05, 3.63) is 66.9 Å². The monoisotopic (exact) mass is 543 g/mol. The van der Waals surface area contributed by atoms with Gasteiger partial charge in [0.1, 0.15) is 12.0 Å². The van der Waals surface area contributed by atoms with E-state index in [4.69, 9.17) is 4.74 Å². The first kappa shape index (κ1) is 25.4. The Labute approximate surface area is 218 Å². The zero-order chi connectivity index (χ0) is 26.7. The first-order valence-electron chi connectivity index (χ1n) is 11.4. The molecule has 14 heteroatoms. The molecule has 196 valence electrons. The highest BCUT2D eigenvalue weighted by Crippen LogP contribution is 2.35. The van der Waals surface area contributed by atoms with Crippen molar-refractivity contribution in [2.24, 2.45) is 0 Å². The molecule has 0 spiro atoms. The molecule has 4 aromatic rings. The summed E-state index contributed by atoms with van der Waals surface area (Å²) in [5, 5.41) is 15.5. The number of pyridine rings is 1. The molecule has 2 amide bonds. The Morgan fingerprint density at radius 3 is 2.45 bits per heavy atom. The number of rotatable bonds is 6. The van der Waals surface area contributed by atoms with Crippen molar-refractivity contribution >= 4 is 33.9 Å². The molecule has 1 fully saturated rings. The van der Waals surface area contributed by atoms with Gasteiger partial charge in [0, 0.05) is 18.9 Å². The molecular weight excluding hydrogens is 523 g/mol. The van der Waals surface area contributed by atoms with Crippen molar-refractivity contribution in [1.29, 1.82) is 0 Å². The Balaban J connectivity index is 1.16. The second-order valence-corrected chi connectivity index (χ2v) is 9.25. The minimum atomic E-state index is -4.58. The topological polar surface area (TPSA) is 125 Å². The highest BCUT2D eigenvalue weighted by atomic mass is 32.1. The molecule has 1 unspecified atom stereocenters. The number of carbonyl (C=O) groups is 1. The lowest BCUT2D eigenvalue weighted by molar-refractivity contribution is -0.137. The van der Waals surface area contributed by atoms with E-state index < -0.39 is 24.0 Å². The lowest BCUT2D eigenvalue weighted by Gasteiger charge is -2.18. The van der Waals surface area contributed by atoms with Crippen LogP contribution in [-0.2, 0) is 6.18 Å². The molecule has 10 nitrogen and oxygen atoms in total. The largest absolute Gasteiger partial charge is 0.424 e. The maximum absolute atomic E-state index is 12.8. The molecule has 3 N–H and O–H groups in total. The molecule has 1 aliphatic heterocycles. The number of hydrogen-bond acceptors (Lipinski definition) is 9. The van der Waals surface area contributed by atoms with E-state index in [1.807, 2.05) is 17.0 Å². The first-order chi connectivity index (χ1) is 18.2. The summed E-state index contributed by atoms with van der Waals surface area (Å²) >= 11 is 1.50. The normalized spacial score (nSPS) is 15.4. The summed E-state index contributed by atoms with van der Waals surface area (Å²) in [6.07, 6.45) is 2.74. The van der Waals surface area contributed by atoms with Crippen LogP contribution in [0.2, 0.25) is 0 Å². The smallest absolute Gasteiger partial charge is 0.417 e. The highest BCUT2D eigenvalue weighted by molar-refractivity contribution is 7.18. The predicted octanol–water partition coefficient (Wildman–Crippen LogP) is 5.37. The number of aromatic nitrogens is 4. The molecule has 1 aliphatic rings. The minimum absolute atomic E-state index is 0.0360. The van der Waals surface area contributed by atoms with Gasteiger partial charge in [-0.1, -0.05) is 11.3 Å². The fourth-order valence-electron chi connectivity index (χ4n) is 3.69. The lowest BCUT2D eigenvalue weighted by atomic mass is 10.2. The van der Waals surface area contributed by atoms with Gasteiger partial charge in [0.15, 0.2) is 5.13 Å². The SMILES string of the molecule is O=C(Nc1cnc(Oc2ccc(-c3cnc(N4CCCC4O)s3)cc2)nc1)Nc1cncc(C(F)(F)F)c1. The van der Waals surface area contributed by atoms with E-state index in [-0.39, 0.29) is 17.4 Å². The van der Waals surface area contributed by atoms with Crippen molar-refractivity contribution in [2.45, 2.75) is 25.2 Å². The first-order valence-corrected chi connectivity index (χ1v) is 12.2. The van der Waals surface area contributed by atoms with Crippen molar-refractivity contribution in [1.82, 2.24) is 19.9 Å². The summed E-state index contributed by atoms with van der Waals surface area (Å²) in [4.78, 5) is 31.0. The number of aliphatic hydroxyl groups excluding tert-OH is 1. The lowest BCUT2D eigenvalue weighted by Crippen LogP contribution is -2.28. The van der Waals surface area contributed by atoms with Gasteiger partial charge in [0.05, 0.1) is 40.4 Å². The number of alkyl halides is 3. The van der Waals surface area contributed by atoms with Crippen molar-refractivity contribution in [3.8, 4) is 22.2 Å². The number of aliphatic hydroxyl groups is 1. The van der Waals surface area contributed by atoms with E-state index >= 15 is 0 Å². The molecule has 3 aromatic heterocycles. The molecule has 0 aliphatic carbocycles. The van der Waals surface area contributed by atoms with E-state index in [0.717, 1.165) is 47.2 Å². The van der Waals surface area contributed by atoms with Gasteiger partial charge in [-0.3, -0.25) is 4.98 Å². The fraction of sp³-hybridized carbons (Fsp3) is 0.208. The maximum Gasteiger partial charge on any atom is 0.417 e. The van der Waals surface area contributed by atoms with Crippen LogP contribution in [0, 0.1) is 0 Å². The van der Waals surface area contributed by atoms with E-state index in [2.05, 4.69) is 30.6 Å². The molecule has 1 saturated heterocycles. The van der Waals surface area contributed by atoms with E-state index in [9.17, 15) is 23.1 Å². The van der Waals surface area contributed by atoms with Crippen LogP contribution in [0.15, 0.2) is 61.3 Å². The molecule has 5 rings (SSSR count). The van der Waals surface area contributed by atoms with Gasteiger partial charge in [0.2, 0.25) is 0 Å². The van der Waals surface area contributed by atoms with Crippen LogP contribution >= 0.6 is 11.3 Å². The molecular formula is C24H20F3N7O3S. The van der Waals surface area contributed by atoms with Crippen LogP contribution in [0.5, 0.6) is 11.8 Å². The third-order valence-corrected chi connectivity index (χ3v) is 6.60. The van der Waals surface area contributed by atoms with Crippen LogP contribution in [-0.4, -0.2) is 43.8 Å². The molecule has 1 aromatic carbocycles. The molecule has 0 saturated carbocycles. The Hall–Kier alpha value is -4.30. The van der Waals surface area contributed by atoms with Crippen molar-refractivity contribution in [3.63, 3.8) is 0 Å². The van der Waals surface area contributed by atoms with Crippen molar-refractivity contribution < 1.29 is 27.8 Å². The van der Waals surface area contributed by atoms with Gasteiger partial charge < -0.3 is 25.4 Å². The summed E-state index contributed by atoms with van der Waals surface area (Å²) in [7, 11) is 0. The number of hydrogen-bond donors (Lipinski definition) is 3. The quantitative estimate of drug-likeness (QED) is 0.297. The Kier molecular flexibility index (Phi) is 7.07. The number of urea groups is 1. The average Bonchev–Trinajstić information content (AvgIpc) is 3.54. The van der Waals surface area contributed by atoms with Gasteiger partial charge in [-0.25, -0.2) is 19.7 Å². The van der Waals surface area contributed by atoms with Crippen LogP contribution in [0.1, 0.15) is 18.4 Å². The number of thiazole rings is 1. The number of halogens is 3. The molecule has 1 atom stereocenters. The zero-order valence-corrected chi connectivity index (χ0v) is 20.3. The predicted molar refractivity (Wildman–Crippen MR) is 134 cm³/mol. The summed E-state index contributed by atoms with van der Waals surface area (Å²) < 4.78 is 44.1. The summed E-state index contributed by atoms with van der Waals surface area (Å²) in [6, 6.07) is 7.28. The Morgan fingerprint density at radius 1 is 1.03 bits per heavy atom. The van der Waals surface area contributed by atoms with Crippen LogP contribution in [0.4, 0.5) is 34.5 Å². The van der Waals surface area contributed by atoms with Crippen molar-refractivity contribution in [2.75, 3.05) is 22.1 Å². The molecule has 38 heavy (non-hydrogen) atoms. The summed E-state index contributed by atoms with van der Waals surface area (Å²) in [5.74, 6) is 0.490. The number of carbonyl (C=O) groups excluding carboxylic acids is 1. The van der Waals surface area contributed by atoms with Gasteiger partial charge in [0.25, 0.3) is 0 Å². The summed E-state index contributed by atoms with van der Waals surface area (Å²) in [6.45, 7) is 0.785. The van der Waals surface area contributed by atoms with Gasteiger partial charge in [-0.05, 0) is 48.7 Å². The second-order valence-electron chi connectivity index (χ2n) is 8.24. The standard InChI is InChI=1S/C24H20F3N7O3S/c25-24(26,27)15-8-16(10-28-9-15)32-21(36)33-17-11-29-22(30-12-17)37-18-5-3-14(4-6-18)19-13-31-23(38-19)34-7-1-2-20(34)35/h3-6,8-13,20,35H,1-2,7H2,(H2,32,33,36). The van der Waals surface area contributed by atoms with E-state index in [1.54, 1.807) is 18.3 Å². The van der Waals surface area contributed by atoms with E-state index in [0.29, 0.717) is 11.9 Å². The van der Waals surface area contributed by atoms with Crippen LogP contribution in [0.25, 0.3) is 10.4 Å². The number of amides is 2. The zero-order valence-electron chi connectivity index (χ0n) is 19.5. The van der Waals surface area contributed by atoms with Gasteiger partial charge in [-0.15, -0.1) is 0 Å². The molecule has 0 radical (unpaired) electrons. The third kappa shape index (κ3) is 5.98.